The fourth-order valence-corrected chi connectivity index (χ4v) is 3.42. The molecule has 2 aromatic rings. The zero-order valence-electron chi connectivity index (χ0n) is 16.5. The maximum absolute atomic E-state index is 3.38. The van der Waals surface area contributed by atoms with Gasteiger partial charge in [-0.05, 0) is 73.6 Å². The molecule has 0 saturated heterocycles. The largest absolute Gasteiger partial charge is 0.0802 e. The average molecular weight is 361 g/mol. The SMILES string of the molecule is Cc1ccc(C#Cc2ccc3c(c2)CCC(C#CC2=CCC(C)C=C2)=C3)cc1. The zero-order valence-corrected chi connectivity index (χ0v) is 16.5. The number of hydrogen-bond donors (Lipinski definition) is 0. The summed E-state index contributed by atoms with van der Waals surface area (Å²) in [6.07, 6.45) is 12.0. The van der Waals surface area contributed by atoms with Gasteiger partial charge in [0.15, 0.2) is 0 Å². The lowest BCUT2D eigenvalue weighted by molar-refractivity contribution is 0.734. The molecule has 0 amide bonds. The van der Waals surface area contributed by atoms with E-state index < -0.39 is 0 Å². The summed E-state index contributed by atoms with van der Waals surface area (Å²) in [7, 11) is 0. The van der Waals surface area contributed by atoms with Crippen molar-refractivity contribution in [3.63, 3.8) is 0 Å². The van der Waals surface area contributed by atoms with Gasteiger partial charge in [-0.2, -0.15) is 0 Å². The Bertz CT molecular complexity index is 1100. The minimum absolute atomic E-state index is 0.634. The summed E-state index contributed by atoms with van der Waals surface area (Å²) in [6, 6.07) is 14.9. The molecule has 2 aliphatic rings. The molecule has 0 radical (unpaired) electrons. The Labute approximate surface area is 168 Å². The van der Waals surface area contributed by atoms with E-state index in [1.54, 1.807) is 0 Å². The lowest BCUT2D eigenvalue weighted by Crippen LogP contribution is -1.99. The molecule has 0 fully saturated rings. The number of aryl methyl sites for hydroxylation is 2. The molecule has 0 heteroatoms. The van der Waals surface area contributed by atoms with Crippen LogP contribution in [0.1, 0.15) is 47.6 Å². The van der Waals surface area contributed by atoms with Gasteiger partial charge in [0.2, 0.25) is 0 Å². The van der Waals surface area contributed by atoms with Gasteiger partial charge in [0.05, 0.1) is 0 Å². The molecule has 2 aliphatic carbocycles. The second-order valence-corrected chi connectivity index (χ2v) is 7.68. The molecule has 0 heterocycles. The maximum Gasteiger partial charge on any atom is 0.0252 e. The van der Waals surface area contributed by atoms with Crippen LogP contribution in [0.3, 0.4) is 0 Å². The van der Waals surface area contributed by atoms with Gasteiger partial charge in [-0.25, -0.2) is 0 Å². The summed E-state index contributed by atoms with van der Waals surface area (Å²) in [5.74, 6) is 13.9. The van der Waals surface area contributed by atoms with E-state index in [0.29, 0.717) is 5.92 Å². The smallest absolute Gasteiger partial charge is 0.0252 e. The van der Waals surface area contributed by atoms with E-state index >= 15 is 0 Å². The predicted octanol–water partition coefficient (Wildman–Crippen LogP) is 6.25. The first-order valence-corrected chi connectivity index (χ1v) is 9.98. The third kappa shape index (κ3) is 4.54. The third-order valence-electron chi connectivity index (χ3n) is 5.22. The van der Waals surface area contributed by atoms with Crippen LogP contribution in [-0.4, -0.2) is 0 Å². The molecular weight excluding hydrogens is 336 g/mol. The van der Waals surface area contributed by atoms with E-state index in [0.717, 1.165) is 36.0 Å². The van der Waals surface area contributed by atoms with Crippen LogP contribution in [0.5, 0.6) is 0 Å². The van der Waals surface area contributed by atoms with Gasteiger partial charge in [0, 0.05) is 22.3 Å². The Morgan fingerprint density at radius 1 is 0.857 bits per heavy atom. The quantitative estimate of drug-likeness (QED) is 0.487. The molecule has 0 aromatic heterocycles. The molecule has 28 heavy (non-hydrogen) atoms. The molecule has 0 N–H and O–H groups in total. The van der Waals surface area contributed by atoms with E-state index in [2.05, 4.69) is 104 Å². The Morgan fingerprint density at radius 2 is 1.64 bits per heavy atom. The van der Waals surface area contributed by atoms with Crippen LogP contribution in [0.15, 0.2) is 71.8 Å². The minimum atomic E-state index is 0.634. The molecule has 0 aliphatic heterocycles. The van der Waals surface area contributed by atoms with Crippen molar-refractivity contribution in [2.45, 2.75) is 33.1 Å². The van der Waals surface area contributed by atoms with Crippen molar-refractivity contribution in [2.24, 2.45) is 5.92 Å². The number of hydrogen-bond acceptors (Lipinski definition) is 0. The molecule has 0 saturated carbocycles. The summed E-state index contributed by atoms with van der Waals surface area (Å²) in [4.78, 5) is 0. The first kappa shape index (κ1) is 18.2. The van der Waals surface area contributed by atoms with Crippen molar-refractivity contribution in [1.29, 1.82) is 0 Å². The van der Waals surface area contributed by atoms with Crippen molar-refractivity contribution < 1.29 is 0 Å². The molecule has 1 atom stereocenters. The number of fused-ring (bicyclic) bond motifs is 1. The molecule has 136 valence electrons. The fraction of sp³-hybridized carbons (Fsp3) is 0.214. The Kier molecular flexibility index (Phi) is 5.32. The van der Waals surface area contributed by atoms with Crippen LogP contribution in [0, 0.1) is 36.5 Å². The lowest BCUT2D eigenvalue weighted by atomic mass is 9.91. The van der Waals surface area contributed by atoms with Crippen LogP contribution in [-0.2, 0) is 6.42 Å². The molecule has 4 rings (SSSR count). The van der Waals surface area contributed by atoms with E-state index in [-0.39, 0.29) is 0 Å². The maximum atomic E-state index is 3.38. The van der Waals surface area contributed by atoms with Gasteiger partial charge in [0.1, 0.15) is 0 Å². The topological polar surface area (TPSA) is 0 Å². The highest BCUT2D eigenvalue weighted by Crippen LogP contribution is 2.25. The third-order valence-corrected chi connectivity index (χ3v) is 5.22. The van der Waals surface area contributed by atoms with E-state index in [1.165, 1.54) is 22.3 Å². The second-order valence-electron chi connectivity index (χ2n) is 7.68. The highest BCUT2D eigenvalue weighted by atomic mass is 14.1. The average Bonchev–Trinajstić information content (AvgIpc) is 2.73. The Hall–Kier alpha value is -3.22. The normalized spacial score (nSPS) is 17.3. The molecular formula is C28H24. The first-order valence-electron chi connectivity index (χ1n) is 9.98. The van der Waals surface area contributed by atoms with Gasteiger partial charge in [-0.1, -0.05) is 72.6 Å². The predicted molar refractivity (Wildman–Crippen MR) is 119 cm³/mol. The molecule has 0 spiro atoms. The van der Waals surface area contributed by atoms with Gasteiger partial charge in [-0.3, -0.25) is 0 Å². The van der Waals surface area contributed by atoms with Gasteiger partial charge < -0.3 is 0 Å². The Morgan fingerprint density at radius 3 is 2.43 bits per heavy atom. The summed E-state index contributed by atoms with van der Waals surface area (Å²) < 4.78 is 0. The van der Waals surface area contributed by atoms with Crippen LogP contribution in [0.25, 0.3) is 6.08 Å². The first-order chi connectivity index (χ1) is 13.7. The molecule has 1 unspecified atom stereocenters. The summed E-state index contributed by atoms with van der Waals surface area (Å²) in [6.45, 7) is 4.33. The van der Waals surface area contributed by atoms with E-state index in [9.17, 15) is 0 Å². The molecule has 0 nitrogen and oxygen atoms in total. The number of benzene rings is 2. The monoisotopic (exact) mass is 360 g/mol. The fourth-order valence-electron chi connectivity index (χ4n) is 3.42. The highest BCUT2D eigenvalue weighted by Gasteiger charge is 2.09. The number of rotatable bonds is 0. The van der Waals surface area contributed by atoms with E-state index in [4.69, 9.17) is 0 Å². The van der Waals surface area contributed by atoms with Gasteiger partial charge >= 0.3 is 0 Å². The van der Waals surface area contributed by atoms with Crippen molar-refractivity contribution in [3.05, 3.63) is 99.7 Å². The number of allylic oxidation sites excluding steroid dienone is 5. The summed E-state index contributed by atoms with van der Waals surface area (Å²) in [5, 5.41) is 0. The van der Waals surface area contributed by atoms with Crippen molar-refractivity contribution in [3.8, 4) is 23.7 Å². The van der Waals surface area contributed by atoms with Gasteiger partial charge in [-0.15, -0.1) is 0 Å². The molecule has 2 aromatic carbocycles. The summed E-state index contributed by atoms with van der Waals surface area (Å²) >= 11 is 0. The Balaban J connectivity index is 1.50. The standard InChI is InChI=1S/C28H24/c1-21-3-7-23(8-4-21)11-13-25-15-17-28-20-26(16-18-27(28)19-25)14-12-24-9-5-22(2)6-10-24/h3-5,7-10,15,17,19-20,22H,6,16,18H2,1-2H3. The minimum Gasteiger partial charge on any atom is -0.0802 e. The van der Waals surface area contributed by atoms with Crippen molar-refractivity contribution >= 4 is 6.08 Å². The van der Waals surface area contributed by atoms with E-state index in [1.807, 2.05) is 0 Å². The lowest BCUT2D eigenvalue weighted by Gasteiger charge is -2.13. The van der Waals surface area contributed by atoms with Crippen LogP contribution >= 0.6 is 0 Å². The van der Waals surface area contributed by atoms with Crippen LogP contribution in [0.2, 0.25) is 0 Å². The van der Waals surface area contributed by atoms with Crippen molar-refractivity contribution in [2.75, 3.05) is 0 Å². The highest BCUT2D eigenvalue weighted by molar-refractivity contribution is 5.66. The second kappa shape index (κ2) is 8.21. The van der Waals surface area contributed by atoms with Crippen molar-refractivity contribution in [1.82, 2.24) is 0 Å². The van der Waals surface area contributed by atoms with Crippen LogP contribution < -0.4 is 0 Å². The molecule has 0 bridgehead atoms. The summed E-state index contributed by atoms with van der Waals surface area (Å²) in [5.41, 5.74) is 8.40. The van der Waals surface area contributed by atoms with Crippen LogP contribution in [0.4, 0.5) is 0 Å². The van der Waals surface area contributed by atoms with Gasteiger partial charge in [0.25, 0.3) is 0 Å². The zero-order chi connectivity index (χ0) is 19.3.